The number of halogens is 3. The molecule has 0 bridgehead atoms. The third kappa shape index (κ3) is 12.1. The molecule has 3 aliphatic rings. The fourth-order valence-corrected chi connectivity index (χ4v) is 10.2. The number of aldehydes is 1. The second-order valence-electron chi connectivity index (χ2n) is 15.6. The Morgan fingerprint density at radius 2 is 1.63 bits per heavy atom. The number of fused-ring (bicyclic) bond motifs is 2. The lowest BCUT2D eigenvalue weighted by Crippen LogP contribution is -2.55. The molecule has 1 amide bonds. The molecule has 15 nitrogen and oxygen atoms in total. The van der Waals surface area contributed by atoms with Gasteiger partial charge >= 0.3 is 12.1 Å². The maximum absolute atomic E-state index is 12.0. The number of carbonyl (C=O) groups is 2. The summed E-state index contributed by atoms with van der Waals surface area (Å²) in [7, 11) is 0. The summed E-state index contributed by atoms with van der Waals surface area (Å²) in [5.41, 5.74) is 3.48. The summed E-state index contributed by atoms with van der Waals surface area (Å²) in [5.74, 6) is 1.38. The first kappa shape index (κ1) is 46.7. The van der Waals surface area contributed by atoms with Crippen LogP contribution in [0.25, 0.3) is 10.8 Å². The molecule has 7 rings (SSSR count). The highest BCUT2D eigenvalue weighted by Crippen LogP contribution is 2.38. The number of rotatable bonds is 21. The number of nitriles is 1. The molecule has 0 radical (unpaired) electrons. The molecule has 3 aliphatic heterocycles. The third-order valence-electron chi connectivity index (χ3n) is 11.6. The highest BCUT2D eigenvalue weighted by molar-refractivity contribution is 9.11. The number of anilines is 2. The van der Waals surface area contributed by atoms with E-state index in [1.54, 1.807) is 12.1 Å². The quantitative estimate of drug-likeness (QED) is 0.0641. The number of hydrogen-bond donors (Lipinski definition) is 1. The van der Waals surface area contributed by atoms with Crippen molar-refractivity contribution in [2.75, 3.05) is 102 Å². The molecular weight excluding hydrogens is 962 g/mol. The number of aromatic nitrogens is 2. The van der Waals surface area contributed by atoms with Crippen molar-refractivity contribution in [2.45, 2.75) is 50.7 Å². The maximum Gasteiger partial charge on any atom is 0.407 e. The van der Waals surface area contributed by atoms with Crippen molar-refractivity contribution in [1.82, 2.24) is 19.8 Å². The van der Waals surface area contributed by atoms with Gasteiger partial charge in [-0.3, -0.25) is 9.69 Å². The molecule has 4 heterocycles. The van der Waals surface area contributed by atoms with Crippen LogP contribution in [0.4, 0.5) is 16.3 Å². The number of likely N-dealkylation sites (tertiary alicyclic amines) is 1. The number of amides is 1. The largest absolute Gasteiger partial charge is 0.489 e. The van der Waals surface area contributed by atoms with Gasteiger partial charge in [-0.15, -0.1) is 0 Å². The van der Waals surface area contributed by atoms with Crippen LogP contribution in [0, 0.1) is 11.3 Å². The van der Waals surface area contributed by atoms with Crippen LogP contribution >= 0.6 is 43.5 Å². The van der Waals surface area contributed by atoms with Crippen molar-refractivity contribution in [3.8, 4) is 17.8 Å². The number of piperazine rings is 1. The zero-order valence-electron chi connectivity index (χ0n) is 35.1. The van der Waals surface area contributed by atoms with Crippen molar-refractivity contribution in [3.05, 3.63) is 79.3 Å². The predicted octanol–water partition coefficient (Wildman–Crippen LogP) is 7.63. The Morgan fingerprint density at radius 3 is 2.37 bits per heavy atom. The number of benzene rings is 3. The molecule has 0 spiro atoms. The summed E-state index contributed by atoms with van der Waals surface area (Å²) in [6.07, 6.45) is 3.50. The van der Waals surface area contributed by atoms with E-state index in [2.05, 4.69) is 70.8 Å². The Balaban J connectivity index is 0.883. The van der Waals surface area contributed by atoms with Gasteiger partial charge in [-0.25, -0.2) is 4.79 Å². The average Bonchev–Trinajstić information content (AvgIpc) is 3.74. The van der Waals surface area contributed by atoms with Crippen molar-refractivity contribution in [3.63, 3.8) is 0 Å². The average molecular weight is 1010 g/mol. The molecule has 2 fully saturated rings. The summed E-state index contributed by atoms with van der Waals surface area (Å²) < 4.78 is 30.8. The van der Waals surface area contributed by atoms with Gasteiger partial charge in [0.1, 0.15) is 31.1 Å². The molecule has 3 aromatic carbocycles. The molecule has 0 saturated carbocycles. The SMILES string of the molecule is N#CC[C@H]1CN(c2nc(OC[C@@H]3CCCN3CCCOCCOCCOCCOc3c(Br)cc(C=O)cc3Br)nc3c2CCN(c2cccc4cccc(Cl)c24)C3)CCN1C(=O)O. The van der Waals surface area contributed by atoms with E-state index in [1.165, 1.54) is 4.90 Å². The van der Waals surface area contributed by atoms with Crippen LogP contribution in [-0.4, -0.2) is 141 Å². The lowest BCUT2D eigenvalue weighted by Gasteiger charge is -2.41. The Bertz CT molecular complexity index is 2220. The van der Waals surface area contributed by atoms with Gasteiger partial charge in [0, 0.05) is 67.6 Å². The molecule has 2 saturated heterocycles. The molecule has 336 valence electrons. The summed E-state index contributed by atoms with van der Waals surface area (Å²) in [5, 5.41) is 22.2. The van der Waals surface area contributed by atoms with E-state index >= 15 is 0 Å². The molecule has 1 aromatic heterocycles. The third-order valence-corrected chi connectivity index (χ3v) is 13.1. The molecular formula is C45H52Br2ClN7O8. The number of carboxylic acid groups (broad SMARTS) is 1. The van der Waals surface area contributed by atoms with Crippen molar-refractivity contribution in [2.24, 2.45) is 0 Å². The minimum absolute atomic E-state index is 0.0960. The van der Waals surface area contributed by atoms with Crippen LogP contribution in [0.2, 0.25) is 5.02 Å². The second kappa shape index (κ2) is 23.1. The van der Waals surface area contributed by atoms with Gasteiger partial charge in [0.2, 0.25) is 0 Å². The van der Waals surface area contributed by atoms with E-state index in [0.717, 1.165) is 78.7 Å². The molecule has 0 unspecified atom stereocenters. The zero-order chi connectivity index (χ0) is 44.1. The molecule has 2 atom stereocenters. The zero-order valence-corrected chi connectivity index (χ0v) is 39.0. The maximum atomic E-state index is 12.0. The second-order valence-corrected chi connectivity index (χ2v) is 17.7. The normalized spacial score (nSPS) is 17.8. The summed E-state index contributed by atoms with van der Waals surface area (Å²) in [4.78, 5) is 41.3. The molecule has 63 heavy (non-hydrogen) atoms. The van der Waals surface area contributed by atoms with E-state index < -0.39 is 12.1 Å². The smallest absolute Gasteiger partial charge is 0.407 e. The van der Waals surface area contributed by atoms with Gasteiger partial charge in [-0.1, -0.05) is 35.9 Å². The molecule has 4 aromatic rings. The standard InChI is InChI=1S/C45H52Br2ClN7O8/c46-36-25-31(29-56)26-37(47)42(36)62-24-23-61-22-21-60-20-19-59-18-4-14-52-13-3-7-34(52)30-63-44-50-39-28-53(40-9-2-6-32-5-1-8-38(48)41(32)40)15-11-35(39)43(51-44)54-16-17-55(45(57)58)33(27-54)10-12-49/h1-2,5-6,8-9,25-26,29,33-34H,3-4,7,10-11,13-24,27-28,30H2,(H,57,58)/t33-,34-/m0/s1. The van der Waals surface area contributed by atoms with E-state index in [4.69, 9.17) is 45.3 Å². The van der Waals surface area contributed by atoms with Gasteiger partial charge in [0.15, 0.2) is 0 Å². The van der Waals surface area contributed by atoms with Crippen LogP contribution < -0.4 is 19.3 Å². The van der Waals surface area contributed by atoms with Crippen molar-refractivity contribution in [1.29, 1.82) is 5.26 Å². The van der Waals surface area contributed by atoms with E-state index in [0.29, 0.717) is 110 Å². The first-order valence-corrected chi connectivity index (χ1v) is 23.3. The number of carbonyl (C=O) groups excluding carboxylic acids is 1. The highest BCUT2D eigenvalue weighted by atomic mass is 79.9. The fourth-order valence-electron chi connectivity index (χ4n) is 8.49. The summed E-state index contributed by atoms with van der Waals surface area (Å²) in [6.45, 7) is 7.91. The van der Waals surface area contributed by atoms with Crippen molar-refractivity contribution >= 4 is 78.1 Å². The van der Waals surface area contributed by atoms with Crippen molar-refractivity contribution < 1.29 is 38.4 Å². The van der Waals surface area contributed by atoms with Gasteiger partial charge < -0.3 is 43.5 Å². The lowest BCUT2D eigenvalue weighted by molar-refractivity contribution is 0.00771. The van der Waals surface area contributed by atoms with Crippen LogP contribution in [0.3, 0.4) is 0 Å². The number of nitrogens with zero attached hydrogens (tertiary/aromatic N) is 7. The molecule has 0 aliphatic carbocycles. The highest BCUT2D eigenvalue weighted by Gasteiger charge is 2.34. The van der Waals surface area contributed by atoms with Crippen LogP contribution in [0.1, 0.15) is 47.3 Å². The van der Waals surface area contributed by atoms with Gasteiger partial charge in [0.25, 0.3) is 0 Å². The molecule has 18 heteroatoms. The fraction of sp³-hybridized carbons (Fsp3) is 0.489. The Hall–Kier alpha value is -4.28. The minimum atomic E-state index is -1.02. The number of hydrogen-bond acceptors (Lipinski definition) is 13. The predicted molar refractivity (Wildman–Crippen MR) is 247 cm³/mol. The van der Waals surface area contributed by atoms with E-state index in [1.807, 2.05) is 18.2 Å². The lowest BCUT2D eigenvalue weighted by atomic mass is 10.0. The monoisotopic (exact) mass is 1010 g/mol. The topological polar surface area (TPSA) is 163 Å². The number of ether oxygens (including phenoxy) is 5. The first-order valence-electron chi connectivity index (χ1n) is 21.3. The van der Waals surface area contributed by atoms with Gasteiger partial charge in [0.05, 0.1) is 77.8 Å². The Morgan fingerprint density at radius 1 is 0.905 bits per heavy atom. The van der Waals surface area contributed by atoms with Gasteiger partial charge in [-0.05, 0) is 93.7 Å². The van der Waals surface area contributed by atoms with Crippen LogP contribution in [0.5, 0.6) is 11.8 Å². The van der Waals surface area contributed by atoms with Crippen LogP contribution in [-0.2, 0) is 27.2 Å². The minimum Gasteiger partial charge on any atom is -0.489 e. The van der Waals surface area contributed by atoms with Gasteiger partial charge in [-0.2, -0.15) is 15.2 Å². The van der Waals surface area contributed by atoms with Crippen LogP contribution in [0.15, 0.2) is 57.5 Å². The Kier molecular flexibility index (Phi) is 17.1. The van der Waals surface area contributed by atoms with E-state index in [9.17, 15) is 20.0 Å². The summed E-state index contributed by atoms with van der Waals surface area (Å²) in [6, 6.07) is 17.8. The Labute approximate surface area is 389 Å². The van der Waals surface area contributed by atoms with E-state index in [-0.39, 0.29) is 19.0 Å². The molecule has 1 N–H and O–H groups in total. The summed E-state index contributed by atoms with van der Waals surface area (Å²) >= 11 is 13.6. The first-order chi connectivity index (χ1) is 30.7.